The smallest absolute Gasteiger partial charge is 0.411 e. The summed E-state index contributed by atoms with van der Waals surface area (Å²) in [7, 11) is 0. The van der Waals surface area contributed by atoms with Gasteiger partial charge in [0, 0.05) is 12.2 Å². The summed E-state index contributed by atoms with van der Waals surface area (Å²) in [4.78, 5) is 23.3. The van der Waals surface area contributed by atoms with E-state index in [-0.39, 0.29) is 29.6 Å². The number of hydrogen-bond donors (Lipinski definition) is 2. The van der Waals surface area contributed by atoms with E-state index in [2.05, 4.69) is 45.3 Å². The van der Waals surface area contributed by atoms with Crippen LogP contribution in [0.4, 0.5) is 15.3 Å². The molecule has 0 aliphatic carbocycles. The second kappa shape index (κ2) is 15.1. The molecule has 2 unspecified atom stereocenters. The first-order valence-corrected chi connectivity index (χ1v) is 12.4. The van der Waals surface area contributed by atoms with Gasteiger partial charge >= 0.3 is 12.2 Å². The van der Waals surface area contributed by atoms with Crippen LogP contribution in [0.25, 0.3) is 0 Å². The molecule has 194 valence electrons. The lowest BCUT2D eigenvalue weighted by atomic mass is 9.82. The fraction of sp³-hybridized carbons (Fsp3) is 0.517. The summed E-state index contributed by atoms with van der Waals surface area (Å²) in [5.41, 5.74) is 1.89. The summed E-state index contributed by atoms with van der Waals surface area (Å²) in [6.45, 7) is 16.9. The zero-order valence-electron chi connectivity index (χ0n) is 22.6. The maximum Gasteiger partial charge on any atom is 0.411 e. The molecular formula is C29H44N2O4. The van der Waals surface area contributed by atoms with Gasteiger partial charge in [-0.3, -0.25) is 5.32 Å². The van der Waals surface area contributed by atoms with Crippen LogP contribution in [-0.2, 0) is 15.9 Å². The van der Waals surface area contributed by atoms with E-state index in [4.69, 9.17) is 9.47 Å². The number of hydrogen-bond acceptors (Lipinski definition) is 4. The molecule has 6 nitrogen and oxygen atoms in total. The van der Waals surface area contributed by atoms with E-state index in [0.29, 0.717) is 12.5 Å². The molecule has 0 bridgehead atoms. The third-order valence-corrected chi connectivity index (χ3v) is 5.47. The molecule has 0 spiro atoms. The molecule has 0 aromatic heterocycles. The van der Waals surface area contributed by atoms with Crippen LogP contribution in [0.3, 0.4) is 0 Å². The third-order valence-electron chi connectivity index (χ3n) is 5.47. The first-order valence-electron chi connectivity index (χ1n) is 12.4. The maximum atomic E-state index is 11.8. The predicted octanol–water partition coefficient (Wildman–Crippen LogP) is 7.31. The number of nitrogens with one attached hydrogen (secondary N) is 2. The van der Waals surface area contributed by atoms with Crippen LogP contribution in [0.15, 0.2) is 60.7 Å². The van der Waals surface area contributed by atoms with Gasteiger partial charge in [-0.15, -0.1) is 0 Å². The Bertz CT molecular complexity index is 861. The van der Waals surface area contributed by atoms with Gasteiger partial charge in [-0.2, -0.15) is 0 Å². The van der Waals surface area contributed by atoms with Crippen LogP contribution in [0, 0.1) is 17.3 Å². The Balaban J connectivity index is 0.000000351. The lowest BCUT2D eigenvalue weighted by Crippen LogP contribution is -2.37. The van der Waals surface area contributed by atoms with Crippen molar-refractivity contribution in [2.45, 2.75) is 74.0 Å². The number of carbonyl (C=O) groups excluding carboxylic acids is 2. The monoisotopic (exact) mass is 484 g/mol. The summed E-state index contributed by atoms with van der Waals surface area (Å²) >= 11 is 0. The molecule has 2 rings (SSSR count). The number of anilines is 1. The van der Waals surface area contributed by atoms with Crippen molar-refractivity contribution >= 4 is 17.9 Å². The second-order valence-corrected chi connectivity index (χ2v) is 10.4. The van der Waals surface area contributed by atoms with E-state index >= 15 is 0 Å². The van der Waals surface area contributed by atoms with E-state index in [1.807, 2.05) is 81.4 Å². The van der Waals surface area contributed by atoms with E-state index in [1.165, 1.54) is 5.56 Å². The van der Waals surface area contributed by atoms with Crippen molar-refractivity contribution in [2.24, 2.45) is 17.3 Å². The zero-order valence-corrected chi connectivity index (χ0v) is 22.6. The number of alkyl carbamates (subject to hydrolysis) is 1. The van der Waals surface area contributed by atoms with Crippen molar-refractivity contribution < 1.29 is 19.1 Å². The molecule has 0 saturated carbocycles. The van der Waals surface area contributed by atoms with E-state index in [1.54, 1.807) is 0 Å². The molecule has 0 aliphatic rings. The molecule has 2 aromatic rings. The molecule has 2 atom stereocenters. The zero-order chi connectivity index (χ0) is 26.4. The van der Waals surface area contributed by atoms with Gasteiger partial charge in [0.05, 0.1) is 0 Å². The van der Waals surface area contributed by atoms with E-state index in [9.17, 15) is 9.59 Å². The highest BCUT2D eigenvalue weighted by Gasteiger charge is 2.31. The SMILES string of the molecule is CC(C)C(C)OC(=O)NCCc1ccccc1.CC(C)C(OC(=O)Nc1ccccc1)C(C)(C)C. The Morgan fingerprint density at radius 1 is 0.771 bits per heavy atom. The summed E-state index contributed by atoms with van der Waals surface area (Å²) < 4.78 is 10.7. The topological polar surface area (TPSA) is 76.7 Å². The first kappa shape index (κ1) is 30.0. The minimum atomic E-state index is -0.394. The van der Waals surface area contributed by atoms with Crippen LogP contribution >= 0.6 is 0 Å². The summed E-state index contributed by atoms with van der Waals surface area (Å²) in [6, 6.07) is 19.4. The van der Waals surface area contributed by atoms with E-state index < -0.39 is 6.09 Å². The normalized spacial score (nSPS) is 12.7. The Morgan fingerprint density at radius 2 is 1.31 bits per heavy atom. The average molecular weight is 485 g/mol. The number of ether oxygens (including phenoxy) is 2. The van der Waals surface area contributed by atoms with Crippen molar-refractivity contribution in [3.63, 3.8) is 0 Å². The molecular weight excluding hydrogens is 440 g/mol. The van der Waals surface area contributed by atoms with Crippen molar-refractivity contribution in [2.75, 3.05) is 11.9 Å². The quantitative estimate of drug-likeness (QED) is 0.412. The largest absolute Gasteiger partial charge is 0.446 e. The number of rotatable bonds is 8. The van der Waals surface area contributed by atoms with Crippen LogP contribution in [-0.4, -0.2) is 30.9 Å². The van der Waals surface area contributed by atoms with Gasteiger partial charge in [0.25, 0.3) is 0 Å². The van der Waals surface area contributed by atoms with Crippen LogP contribution in [0.1, 0.15) is 61.0 Å². The summed E-state index contributed by atoms with van der Waals surface area (Å²) in [5, 5.41) is 5.49. The van der Waals surface area contributed by atoms with Gasteiger partial charge in [0.15, 0.2) is 0 Å². The minimum absolute atomic E-state index is 0.0493. The number of benzene rings is 2. The molecule has 0 aliphatic heterocycles. The number of amides is 2. The fourth-order valence-electron chi connectivity index (χ4n) is 3.40. The van der Waals surface area contributed by atoms with Crippen molar-refractivity contribution in [3.8, 4) is 0 Å². The lowest BCUT2D eigenvalue weighted by molar-refractivity contribution is 0.00900. The molecule has 2 N–H and O–H groups in total. The maximum absolute atomic E-state index is 11.8. The molecule has 35 heavy (non-hydrogen) atoms. The van der Waals surface area contributed by atoms with Crippen LogP contribution < -0.4 is 10.6 Å². The van der Waals surface area contributed by atoms with Gasteiger partial charge in [0.2, 0.25) is 0 Å². The number of carbonyl (C=O) groups is 2. The molecule has 2 amide bonds. The highest BCUT2D eigenvalue weighted by molar-refractivity contribution is 5.84. The highest BCUT2D eigenvalue weighted by atomic mass is 16.6. The molecule has 0 fully saturated rings. The Kier molecular flexibility index (Phi) is 12.9. The van der Waals surface area contributed by atoms with Gasteiger partial charge in [-0.25, -0.2) is 9.59 Å². The Morgan fingerprint density at radius 3 is 1.80 bits per heavy atom. The molecule has 0 saturated heterocycles. The fourth-order valence-corrected chi connectivity index (χ4v) is 3.40. The van der Waals surface area contributed by atoms with Gasteiger partial charge in [0.1, 0.15) is 12.2 Å². The Hall–Kier alpha value is -3.02. The van der Waals surface area contributed by atoms with Crippen LogP contribution in [0.5, 0.6) is 0 Å². The van der Waals surface area contributed by atoms with Crippen molar-refractivity contribution in [3.05, 3.63) is 66.2 Å². The van der Waals surface area contributed by atoms with Gasteiger partial charge < -0.3 is 14.8 Å². The number of para-hydroxylation sites is 1. The third kappa shape index (κ3) is 12.9. The van der Waals surface area contributed by atoms with Gasteiger partial charge in [-0.1, -0.05) is 97.0 Å². The van der Waals surface area contributed by atoms with E-state index in [0.717, 1.165) is 12.1 Å². The Labute approximate surface area is 211 Å². The minimum Gasteiger partial charge on any atom is -0.446 e. The van der Waals surface area contributed by atoms with Crippen LogP contribution in [0.2, 0.25) is 0 Å². The average Bonchev–Trinajstić information content (AvgIpc) is 2.78. The second-order valence-electron chi connectivity index (χ2n) is 10.4. The summed E-state index contributed by atoms with van der Waals surface area (Å²) in [5.74, 6) is 0.626. The van der Waals surface area contributed by atoms with Crippen molar-refractivity contribution in [1.82, 2.24) is 5.32 Å². The predicted molar refractivity (Wildman–Crippen MR) is 144 cm³/mol. The molecule has 0 heterocycles. The van der Waals surface area contributed by atoms with Gasteiger partial charge in [-0.05, 0) is 48.3 Å². The highest BCUT2D eigenvalue weighted by Crippen LogP contribution is 2.28. The van der Waals surface area contributed by atoms with Crippen molar-refractivity contribution in [1.29, 1.82) is 0 Å². The lowest BCUT2D eigenvalue weighted by Gasteiger charge is -2.33. The first-order chi connectivity index (χ1) is 16.4. The molecule has 2 aromatic carbocycles. The molecule has 0 radical (unpaired) electrons. The molecule has 6 heteroatoms. The summed E-state index contributed by atoms with van der Waals surface area (Å²) in [6.07, 6.45) is -0.0590. The standard InChI is InChI=1S/C15H23NO2.C14H21NO2/c1-11(2)13(15(3,4)5)18-14(17)16-12-9-7-6-8-10-12;1-11(2)12(3)17-14(16)15-10-9-13-7-5-4-6-8-13/h6-11,13H,1-5H3,(H,16,17);4-8,11-12H,9-10H2,1-3H3,(H,15,16).